The van der Waals surface area contributed by atoms with Gasteiger partial charge in [0.05, 0.1) is 0 Å². The van der Waals surface area contributed by atoms with E-state index in [1.165, 1.54) is 51.9 Å². The van der Waals surface area contributed by atoms with Gasteiger partial charge in [0.2, 0.25) is 0 Å². The Morgan fingerprint density at radius 1 is 1.36 bits per heavy atom. The molecule has 0 aromatic rings. The summed E-state index contributed by atoms with van der Waals surface area (Å²) in [5, 5.41) is 3.51. The van der Waals surface area contributed by atoms with Crippen molar-refractivity contribution in [3.05, 3.63) is 0 Å². The van der Waals surface area contributed by atoms with Crippen molar-refractivity contribution in [1.82, 2.24) is 10.2 Å². The second kappa shape index (κ2) is 4.19. The van der Waals surface area contributed by atoms with Gasteiger partial charge in [0.15, 0.2) is 0 Å². The molecule has 2 rings (SSSR count). The van der Waals surface area contributed by atoms with Gasteiger partial charge in [-0.3, -0.25) is 4.90 Å². The summed E-state index contributed by atoms with van der Waals surface area (Å²) in [6, 6.07) is 0.689. The molecule has 2 nitrogen and oxygen atoms in total. The summed E-state index contributed by atoms with van der Waals surface area (Å²) in [6.07, 6.45) is 5.81. The predicted octanol–water partition coefficient (Wildman–Crippen LogP) is 1.86. The average molecular weight is 196 g/mol. The highest BCUT2D eigenvalue weighted by molar-refractivity contribution is 4.86. The van der Waals surface area contributed by atoms with Crippen LogP contribution in [-0.4, -0.2) is 37.1 Å². The van der Waals surface area contributed by atoms with Gasteiger partial charge < -0.3 is 5.32 Å². The van der Waals surface area contributed by atoms with Gasteiger partial charge in [-0.25, -0.2) is 0 Å². The minimum Gasteiger partial charge on any atom is -0.312 e. The van der Waals surface area contributed by atoms with Gasteiger partial charge in [0, 0.05) is 32.2 Å². The Morgan fingerprint density at radius 2 is 2.07 bits per heavy atom. The summed E-state index contributed by atoms with van der Waals surface area (Å²) in [6.45, 7) is 9.78. The molecule has 1 saturated carbocycles. The van der Waals surface area contributed by atoms with Crippen LogP contribution < -0.4 is 5.32 Å². The first-order valence-corrected chi connectivity index (χ1v) is 6.14. The molecule has 1 aliphatic heterocycles. The average Bonchev–Trinajstić information content (AvgIpc) is 2.51. The molecule has 2 fully saturated rings. The molecule has 0 aromatic heterocycles. The molecule has 2 heteroatoms. The SMILES string of the molecule is CC1CN(CC2(C)CCCC2)CCN1. The van der Waals surface area contributed by atoms with E-state index in [1.54, 1.807) is 0 Å². The van der Waals surface area contributed by atoms with Gasteiger partial charge in [-0.1, -0.05) is 19.8 Å². The Hall–Kier alpha value is -0.0800. The Balaban J connectivity index is 1.83. The first-order chi connectivity index (χ1) is 6.68. The molecule has 1 heterocycles. The zero-order valence-electron chi connectivity index (χ0n) is 9.68. The first kappa shape index (κ1) is 10.4. The number of nitrogens with zero attached hydrogens (tertiary/aromatic N) is 1. The molecule has 1 aliphatic carbocycles. The largest absolute Gasteiger partial charge is 0.312 e. The molecule has 1 N–H and O–H groups in total. The fourth-order valence-corrected chi connectivity index (χ4v) is 3.08. The summed E-state index contributed by atoms with van der Waals surface area (Å²) in [5.41, 5.74) is 0.636. The van der Waals surface area contributed by atoms with Crippen LogP contribution in [-0.2, 0) is 0 Å². The smallest absolute Gasteiger partial charge is 0.0167 e. The van der Waals surface area contributed by atoms with E-state index in [2.05, 4.69) is 24.1 Å². The Labute approximate surface area is 88.1 Å². The second-order valence-electron chi connectivity index (χ2n) is 5.61. The second-order valence-corrected chi connectivity index (χ2v) is 5.61. The van der Waals surface area contributed by atoms with E-state index in [9.17, 15) is 0 Å². The molecule has 82 valence electrons. The van der Waals surface area contributed by atoms with Crippen LogP contribution in [0.15, 0.2) is 0 Å². The normalized spacial score (nSPS) is 33.4. The minimum atomic E-state index is 0.636. The van der Waals surface area contributed by atoms with Crippen LogP contribution in [0, 0.1) is 5.41 Å². The standard InChI is InChI=1S/C12H24N2/c1-11-9-14(8-7-13-11)10-12(2)5-3-4-6-12/h11,13H,3-10H2,1-2H3. The number of piperazine rings is 1. The van der Waals surface area contributed by atoms with Crippen molar-refractivity contribution < 1.29 is 0 Å². The topological polar surface area (TPSA) is 15.3 Å². The van der Waals surface area contributed by atoms with Gasteiger partial charge in [0.25, 0.3) is 0 Å². The van der Waals surface area contributed by atoms with Crippen molar-refractivity contribution in [3.8, 4) is 0 Å². The van der Waals surface area contributed by atoms with Crippen molar-refractivity contribution in [1.29, 1.82) is 0 Å². The highest BCUT2D eigenvalue weighted by Gasteiger charge is 2.31. The molecule has 1 unspecified atom stereocenters. The lowest BCUT2D eigenvalue weighted by molar-refractivity contribution is 0.134. The summed E-state index contributed by atoms with van der Waals surface area (Å²) in [5.74, 6) is 0. The van der Waals surface area contributed by atoms with Gasteiger partial charge in [-0.15, -0.1) is 0 Å². The molecule has 0 amide bonds. The fourth-order valence-electron chi connectivity index (χ4n) is 3.08. The number of hydrogen-bond donors (Lipinski definition) is 1. The lowest BCUT2D eigenvalue weighted by Crippen LogP contribution is -2.51. The van der Waals surface area contributed by atoms with Crippen molar-refractivity contribution in [2.75, 3.05) is 26.2 Å². The Bertz CT molecular complexity index is 185. The highest BCUT2D eigenvalue weighted by Crippen LogP contribution is 2.38. The lowest BCUT2D eigenvalue weighted by atomic mass is 9.88. The molecule has 1 atom stereocenters. The fraction of sp³-hybridized carbons (Fsp3) is 1.00. The molecular formula is C12H24N2. The highest BCUT2D eigenvalue weighted by atomic mass is 15.2. The maximum absolute atomic E-state index is 3.51. The predicted molar refractivity (Wildman–Crippen MR) is 60.5 cm³/mol. The van der Waals surface area contributed by atoms with Crippen molar-refractivity contribution in [2.45, 2.75) is 45.6 Å². The van der Waals surface area contributed by atoms with Crippen LogP contribution in [0.25, 0.3) is 0 Å². The van der Waals surface area contributed by atoms with Crippen molar-refractivity contribution >= 4 is 0 Å². The zero-order chi connectivity index (χ0) is 10.0. The van der Waals surface area contributed by atoms with Crippen LogP contribution in [0.4, 0.5) is 0 Å². The van der Waals surface area contributed by atoms with Gasteiger partial charge in [-0.05, 0) is 25.2 Å². The number of hydrogen-bond acceptors (Lipinski definition) is 2. The monoisotopic (exact) mass is 196 g/mol. The van der Waals surface area contributed by atoms with Crippen LogP contribution in [0.2, 0.25) is 0 Å². The molecule has 0 aromatic carbocycles. The molecular weight excluding hydrogens is 172 g/mol. The minimum absolute atomic E-state index is 0.636. The summed E-state index contributed by atoms with van der Waals surface area (Å²) in [7, 11) is 0. The molecule has 1 saturated heterocycles. The third-order valence-electron chi connectivity index (χ3n) is 3.87. The van der Waals surface area contributed by atoms with E-state index in [0.717, 1.165) is 0 Å². The molecule has 2 aliphatic rings. The maximum Gasteiger partial charge on any atom is 0.0167 e. The van der Waals surface area contributed by atoms with Gasteiger partial charge >= 0.3 is 0 Å². The summed E-state index contributed by atoms with van der Waals surface area (Å²) < 4.78 is 0. The number of nitrogens with one attached hydrogen (secondary N) is 1. The third-order valence-corrected chi connectivity index (χ3v) is 3.87. The van der Waals surface area contributed by atoms with E-state index in [-0.39, 0.29) is 0 Å². The number of rotatable bonds is 2. The van der Waals surface area contributed by atoms with E-state index in [0.29, 0.717) is 11.5 Å². The quantitative estimate of drug-likeness (QED) is 0.725. The van der Waals surface area contributed by atoms with Gasteiger partial charge in [0.1, 0.15) is 0 Å². The molecule has 0 bridgehead atoms. The molecule has 14 heavy (non-hydrogen) atoms. The molecule has 0 spiro atoms. The van der Waals surface area contributed by atoms with E-state index in [4.69, 9.17) is 0 Å². The first-order valence-electron chi connectivity index (χ1n) is 6.14. The van der Waals surface area contributed by atoms with E-state index >= 15 is 0 Å². The zero-order valence-corrected chi connectivity index (χ0v) is 9.68. The van der Waals surface area contributed by atoms with Crippen LogP contribution in [0.1, 0.15) is 39.5 Å². The lowest BCUT2D eigenvalue weighted by Gasteiger charge is -2.37. The van der Waals surface area contributed by atoms with Gasteiger partial charge in [-0.2, -0.15) is 0 Å². The van der Waals surface area contributed by atoms with E-state index in [1.807, 2.05) is 0 Å². The van der Waals surface area contributed by atoms with Crippen LogP contribution in [0.5, 0.6) is 0 Å². The third kappa shape index (κ3) is 2.48. The Kier molecular flexibility index (Phi) is 3.13. The van der Waals surface area contributed by atoms with E-state index < -0.39 is 0 Å². The molecule has 0 radical (unpaired) electrons. The van der Waals surface area contributed by atoms with Crippen LogP contribution in [0.3, 0.4) is 0 Å². The van der Waals surface area contributed by atoms with Crippen molar-refractivity contribution in [2.24, 2.45) is 5.41 Å². The Morgan fingerprint density at radius 3 is 2.71 bits per heavy atom. The summed E-state index contributed by atoms with van der Waals surface area (Å²) >= 11 is 0. The summed E-state index contributed by atoms with van der Waals surface area (Å²) in [4.78, 5) is 2.66. The van der Waals surface area contributed by atoms with Crippen LogP contribution >= 0.6 is 0 Å². The maximum atomic E-state index is 3.51. The van der Waals surface area contributed by atoms with Crippen molar-refractivity contribution in [3.63, 3.8) is 0 Å².